The van der Waals surface area contributed by atoms with Crippen LogP contribution in [0.3, 0.4) is 0 Å². The van der Waals surface area contributed by atoms with E-state index in [1.165, 1.54) is 38.9 Å². The first-order valence-electron chi connectivity index (χ1n) is 8.43. The van der Waals surface area contributed by atoms with Gasteiger partial charge in [-0.25, -0.2) is 0 Å². The van der Waals surface area contributed by atoms with Gasteiger partial charge < -0.3 is 15.0 Å². The molecule has 1 aromatic carbocycles. The molecule has 1 N–H and O–H groups in total. The number of piperidine rings is 1. The molecule has 1 fully saturated rings. The largest absolute Gasteiger partial charge is 0.492 e. The molecule has 0 spiro atoms. The van der Waals surface area contributed by atoms with Gasteiger partial charge in [0.1, 0.15) is 12.4 Å². The van der Waals surface area contributed by atoms with Gasteiger partial charge in [0, 0.05) is 12.6 Å². The highest BCUT2D eigenvalue weighted by atomic mass is 16.5. The quantitative estimate of drug-likeness (QED) is 0.744. The van der Waals surface area contributed by atoms with E-state index in [9.17, 15) is 0 Å². The van der Waals surface area contributed by atoms with Gasteiger partial charge in [-0.15, -0.1) is 0 Å². The average molecular weight is 290 g/mol. The lowest BCUT2D eigenvalue weighted by atomic mass is 9.90. The van der Waals surface area contributed by atoms with Crippen LogP contribution in [0.5, 0.6) is 5.75 Å². The first-order chi connectivity index (χ1) is 10.3. The molecule has 1 heterocycles. The second-order valence-electron chi connectivity index (χ2n) is 6.08. The van der Waals surface area contributed by atoms with Crippen LogP contribution in [-0.4, -0.2) is 43.7 Å². The van der Waals surface area contributed by atoms with Gasteiger partial charge in [-0.3, -0.25) is 0 Å². The summed E-state index contributed by atoms with van der Waals surface area (Å²) < 4.78 is 5.72. The zero-order valence-corrected chi connectivity index (χ0v) is 13.6. The topological polar surface area (TPSA) is 24.5 Å². The third kappa shape index (κ3) is 5.68. The minimum absolute atomic E-state index is 0.591. The van der Waals surface area contributed by atoms with Gasteiger partial charge in [0.05, 0.1) is 0 Å². The Labute approximate surface area is 129 Å². The molecule has 0 radical (unpaired) electrons. The summed E-state index contributed by atoms with van der Waals surface area (Å²) in [4.78, 5) is 2.60. The van der Waals surface area contributed by atoms with Crippen molar-refractivity contribution in [1.29, 1.82) is 0 Å². The number of benzene rings is 1. The SMILES string of the molecule is CCCN1CCC(C(C)NCCOc2ccccc2)CC1. The summed E-state index contributed by atoms with van der Waals surface area (Å²) in [6.45, 7) is 10.1. The highest BCUT2D eigenvalue weighted by Crippen LogP contribution is 2.20. The molecule has 21 heavy (non-hydrogen) atoms. The summed E-state index contributed by atoms with van der Waals surface area (Å²) >= 11 is 0. The first kappa shape index (κ1) is 16.3. The van der Waals surface area contributed by atoms with Crippen LogP contribution in [0.1, 0.15) is 33.1 Å². The van der Waals surface area contributed by atoms with Crippen molar-refractivity contribution < 1.29 is 4.74 Å². The predicted octanol–water partition coefficient (Wildman–Crippen LogP) is 3.17. The Kier molecular flexibility index (Phi) is 7.04. The molecule has 3 nitrogen and oxygen atoms in total. The molecule has 1 atom stereocenters. The van der Waals surface area contributed by atoms with Gasteiger partial charge in [0.25, 0.3) is 0 Å². The number of ether oxygens (including phenoxy) is 1. The summed E-state index contributed by atoms with van der Waals surface area (Å²) in [5, 5.41) is 3.63. The third-order valence-corrected chi connectivity index (χ3v) is 4.46. The zero-order valence-electron chi connectivity index (χ0n) is 13.6. The molecule has 1 aliphatic rings. The van der Waals surface area contributed by atoms with Crippen molar-refractivity contribution in [3.8, 4) is 5.75 Å². The van der Waals surface area contributed by atoms with Crippen LogP contribution in [0.4, 0.5) is 0 Å². The van der Waals surface area contributed by atoms with Gasteiger partial charge in [-0.2, -0.15) is 0 Å². The Hall–Kier alpha value is -1.06. The molecule has 0 aromatic heterocycles. The predicted molar refractivity (Wildman–Crippen MR) is 88.9 cm³/mol. The molecule has 0 aliphatic carbocycles. The summed E-state index contributed by atoms with van der Waals surface area (Å²) in [5.74, 6) is 1.77. The lowest BCUT2D eigenvalue weighted by Gasteiger charge is -2.35. The van der Waals surface area contributed by atoms with Crippen molar-refractivity contribution in [2.24, 2.45) is 5.92 Å². The maximum Gasteiger partial charge on any atom is 0.119 e. The lowest BCUT2D eigenvalue weighted by Crippen LogP contribution is -2.43. The van der Waals surface area contributed by atoms with E-state index in [4.69, 9.17) is 4.74 Å². The molecule has 3 heteroatoms. The Balaban J connectivity index is 1.58. The number of nitrogens with zero attached hydrogens (tertiary/aromatic N) is 1. The maximum atomic E-state index is 5.72. The molecule has 0 saturated carbocycles. The molecule has 1 saturated heterocycles. The Morgan fingerprint density at radius 3 is 2.62 bits per heavy atom. The monoisotopic (exact) mass is 290 g/mol. The highest BCUT2D eigenvalue weighted by molar-refractivity contribution is 5.20. The number of hydrogen-bond donors (Lipinski definition) is 1. The molecule has 2 rings (SSSR count). The summed E-state index contributed by atoms with van der Waals surface area (Å²) in [6, 6.07) is 10.6. The van der Waals surface area contributed by atoms with E-state index in [0.717, 1.165) is 24.8 Å². The van der Waals surface area contributed by atoms with E-state index in [-0.39, 0.29) is 0 Å². The van der Waals surface area contributed by atoms with E-state index < -0.39 is 0 Å². The molecule has 1 unspecified atom stereocenters. The molecule has 0 bridgehead atoms. The fourth-order valence-electron chi connectivity index (χ4n) is 3.13. The van der Waals surface area contributed by atoms with Gasteiger partial charge in [0.15, 0.2) is 0 Å². The molecular weight excluding hydrogens is 260 g/mol. The van der Waals surface area contributed by atoms with Gasteiger partial charge >= 0.3 is 0 Å². The van der Waals surface area contributed by atoms with Gasteiger partial charge in [0.2, 0.25) is 0 Å². The van der Waals surface area contributed by atoms with Crippen LogP contribution in [0.15, 0.2) is 30.3 Å². The Morgan fingerprint density at radius 1 is 1.24 bits per heavy atom. The summed E-state index contributed by atoms with van der Waals surface area (Å²) in [6.07, 6.45) is 3.93. The number of rotatable bonds is 8. The fraction of sp³-hybridized carbons (Fsp3) is 0.667. The normalized spacial score (nSPS) is 18.6. The van der Waals surface area contributed by atoms with E-state index >= 15 is 0 Å². The minimum atomic E-state index is 0.591. The average Bonchev–Trinajstić information content (AvgIpc) is 2.53. The van der Waals surface area contributed by atoms with E-state index in [1.54, 1.807) is 0 Å². The number of hydrogen-bond acceptors (Lipinski definition) is 3. The van der Waals surface area contributed by atoms with Crippen molar-refractivity contribution in [2.75, 3.05) is 32.8 Å². The van der Waals surface area contributed by atoms with Crippen molar-refractivity contribution in [3.63, 3.8) is 0 Å². The standard InChI is InChI=1S/C18H30N2O/c1-3-12-20-13-9-17(10-14-20)16(2)19-11-15-21-18-7-5-4-6-8-18/h4-8,16-17,19H,3,9-15H2,1-2H3. The smallest absolute Gasteiger partial charge is 0.119 e. The van der Waals surface area contributed by atoms with Crippen LogP contribution >= 0.6 is 0 Å². The molecule has 1 aromatic rings. The van der Waals surface area contributed by atoms with Crippen molar-refractivity contribution in [2.45, 2.75) is 39.2 Å². The van der Waals surface area contributed by atoms with Crippen LogP contribution < -0.4 is 10.1 Å². The Bertz CT molecular complexity index is 374. The molecular formula is C18H30N2O. The zero-order chi connectivity index (χ0) is 14.9. The van der Waals surface area contributed by atoms with Crippen LogP contribution in [0, 0.1) is 5.92 Å². The van der Waals surface area contributed by atoms with Crippen molar-refractivity contribution >= 4 is 0 Å². The third-order valence-electron chi connectivity index (χ3n) is 4.46. The van der Waals surface area contributed by atoms with E-state index in [1.807, 2.05) is 30.3 Å². The fourth-order valence-corrected chi connectivity index (χ4v) is 3.13. The molecule has 0 amide bonds. The molecule has 118 valence electrons. The van der Waals surface area contributed by atoms with Crippen LogP contribution in [0.2, 0.25) is 0 Å². The van der Waals surface area contributed by atoms with Crippen molar-refractivity contribution in [1.82, 2.24) is 10.2 Å². The lowest BCUT2D eigenvalue weighted by molar-refractivity contribution is 0.160. The first-order valence-corrected chi connectivity index (χ1v) is 8.43. The van der Waals surface area contributed by atoms with Gasteiger partial charge in [-0.1, -0.05) is 25.1 Å². The second kappa shape index (κ2) is 9.06. The maximum absolute atomic E-state index is 5.72. The van der Waals surface area contributed by atoms with E-state index in [0.29, 0.717) is 6.04 Å². The summed E-state index contributed by atoms with van der Waals surface area (Å²) in [5.41, 5.74) is 0. The van der Waals surface area contributed by atoms with Crippen molar-refractivity contribution in [3.05, 3.63) is 30.3 Å². The number of para-hydroxylation sites is 1. The molecule has 1 aliphatic heterocycles. The second-order valence-corrected chi connectivity index (χ2v) is 6.08. The summed E-state index contributed by atoms with van der Waals surface area (Å²) in [7, 11) is 0. The van der Waals surface area contributed by atoms with Crippen LogP contribution in [-0.2, 0) is 0 Å². The van der Waals surface area contributed by atoms with Gasteiger partial charge in [-0.05, 0) is 63.9 Å². The highest BCUT2D eigenvalue weighted by Gasteiger charge is 2.22. The minimum Gasteiger partial charge on any atom is -0.492 e. The number of likely N-dealkylation sites (tertiary alicyclic amines) is 1. The number of nitrogens with one attached hydrogen (secondary N) is 1. The Morgan fingerprint density at radius 2 is 1.95 bits per heavy atom. The van der Waals surface area contributed by atoms with Crippen LogP contribution in [0.25, 0.3) is 0 Å². The van der Waals surface area contributed by atoms with E-state index in [2.05, 4.69) is 24.1 Å².